The van der Waals surface area contributed by atoms with Crippen LogP contribution >= 0.6 is 11.3 Å². The van der Waals surface area contributed by atoms with Crippen molar-refractivity contribution >= 4 is 21.4 Å². The first-order valence-electron chi connectivity index (χ1n) is 6.13. The third kappa shape index (κ3) is 2.55. The maximum Gasteiger partial charge on any atom is 0.123 e. The van der Waals surface area contributed by atoms with Crippen LogP contribution in [0.2, 0.25) is 0 Å². The van der Waals surface area contributed by atoms with Crippen molar-refractivity contribution in [1.29, 1.82) is 0 Å². The lowest BCUT2D eigenvalue weighted by Crippen LogP contribution is -2.17. The monoisotopic (exact) mass is 275 g/mol. The van der Waals surface area contributed by atoms with E-state index in [4.69, 9.17) is 4.42 Å². The van der Waals surface area contributed by atoms with Crippen molar-refractivity contribution in [3.63, 3.8) is 0 Å². The standard InChI is InChI=1S/C15H14FNOS/c1-17-13(6-10-4-5-18-9-10)15-8-11-7-12(16)2-3-14(11)19-15/h2-5,7-9,13,17H,6H2,1H3. The van der Waals surface area contributed by atoms with Gasteiger partial charge in [-0.15, -0.1) is 11.3 Å². The third-order valence-corrected chi connectivity index (χ3v) is 4.44. The maximum atomic E-state index is 13.2. The fourth-order valence-electron chi connectivity index (χ4n) is 2.20. The molecule has 2 nitrogen and oxygen atoms in total. The van der Waals surface area contributed by atoms with E-state index in [1.54, 1.807) is 29.9 Å². The Balaban J connectivity index is 1.92. The molecule has 0 aliphatic carbocycles. The highest BCUT2D eigenvalue weighted by atomic mass is 32.1. The predicted molar refractivity (Wildman–Crippen MR) is 76.0 cm³/mol. The van der Waals surface area contributed by atoms with Crippen LogP contribution in [-0.2, 0) is 6.42 Å². The summed E-state index contributed by atoms with van der Waals surface area (Å²) in [5.74, 6) is -0.187. The van der Waals surface area contributed by atoms with Crippen molar-refractivity contribution in [1.82, 2.24) is 5.32 Å². The molecule has 1 aromatic carbocycles. The van der Waals surface area contributed by atoms with E-state index >= 15 is 0 Å². The minimum absolute atomic E-state index is 0.187. The second kappa shape index (κ2) is 5.15. The Hall–Kier alpha value is -1.65. The van der Waals surface area contributed by atoms with E-state index in [1.165, 1.54) is 10.9 Å². The molecule has 0 bridgehead atoms. The molecule has 3 rings (SSSR count). The molecule has 2 aromatic heterocycles. The summed E-state index contributed by atoms with van der Waals surface area (Å²) in [6, 6.07) is 9.18. The topological polar surface area (TPSA) is 25.2 Å². The van der Waals surface area contributed by atoms with E-state index in [-0.39, 0.29) is 11.9 Å². The molecule has 0 aliphatic rings. The summed E-state index contributed by atoms with van der Waals surface area (Å²) in [4.78, 5) is 1.21. The quantitative estimate of drug-likeness (QED) is 0.774. The van der Waals surface area contributed by atoms with Gasteiger partial charge >= 0.3 is 0 Å². The SMILES string of the molecule is CNC(Cc1ccoc1)c1cc2cc(F)ccc2s1. The maximum absolute atomic E-state index is 13.2. The van der Waals surface area contributed by atoms with E-state index in [2.05, 4.69) is 11.4 Å². The number of hydrogen-bond donors (Lipinski definition) is 1. The number of halogens is 1. The smallest absolute Gasteiger partial charge is 0.123 e. The highest BCUT2D eigenvalue weighted by Gasteiger charge is 2.14. The second-order valence-electron chi connectivity index (χ2n) is 4.51. The number of benzene rings is 1. The Morgan fingerprint density at radius 2 is 2.21 bits per heavy atom. The van der Waals surface area contributed by atoms with Crippen LogP contribution < -0.4 is 5.32 Å². The fraction of sp³-hybridized carbons (Fsp3) is 0.200. The van der Waals surface area contributed by atoms with E-state index in [1.807, 2.05) is 19.2 Å². The highest BCUT2D eigenvalue weighted by molar-refractivity contribution is 7.19. The van der Waals surface area contributed by atoms with Crippen LogP contribution in [0.3, 0.4) is 0 Å². The van der Waals surface area contributed by atoms with Gasteiger partial charge in [0.25, 0.3) is 0 Å². The zero-order chi connectivity index (χ0) is 13.2. The largest absolute Gasteiger partial charge is 0.472 e. The Morgan fingerprint density at radius 3 is 2.95 bits per heavy atom. The van der Waals surface area contributed by atoms with Crippen molar-refractivity contribution < 1.29 is 8.81 Å². The van der Waals surface area contributed by atoms with E-state index in [9.17, 15) is 4.39 Å². The van der Waals surface area contributed by atoms with Crippen LogP contribution in [0.15, 0.2) is 47.3 Å². The fourth-order valence-corrected chi connectivity index (χ4v) is 3.35. The average Bonchev–Trinajstić information content (AvgIpc) is 3.03. The van der Waals surface area contributed by atoms with Gasteiger partial charge < -0.3 is 9.73 Å². The molecule has 4 heteroatoms. The second-order valence-corrected chi connectivity index (χ2v) is 5.62. The number of fused-ring (bicyclic) bond motifs is 1. The lowest BCUT2D eigenvalue weighted by Gasteiger charge is -2.12. The number of nitrogens with one attached hydrogen (secondary N) is 1. The number of likely N-dealkylation sites (N-methyl/N-ethyl adjacent to an activating group) is 1. The van der Waals surface area contributed by atoms with Gasteiger partial charge in [-0.25, -0.2) is 4.39 Å². The van der Waals surface area contributed by atoms with Gasteiger partial charge in [0.2, 0.25) is 0 Å². The molecule has 0 saturated carbocycles. The number of furan rings is 1. The lowest BCUT2D eigenvalue weighted by atomic mass is 10.1. The van der Waals surface area contributed by atoms with Gasteiger partial charge in [0.05, 0.1) is 12.5 Å². The Morgan fingerprint density at radius 1 is 1.32 bits per heavy atom. The molecule has 19 heavy (non-hydrogen) atoms. The van der Waals surface area contributed by atoms with Crippen LogP contribution in [0.5, 0.6) is 0 Å². The summed E-state index contributed by atoms with van der Waals surface area (Å²) in [5, 5.41) is 4.27. The summed E-state index contributed by atoms with van der Waals surface area (Å²) in [6.07, 6.45) is 4.31. The Kier molecular flexibility index (Phi) is 3.36. The van der Waals surface area contributed by atoms with Gasteiger partial charge in [-0.2, -0.15) is 0 Å². The molecule has 0 amide bonds. The molecule has 98 valence electrons. The van der Waals surface area contributed by atoms with Crippen molar-refractivity contribution in [2.45, 2.75) is 12.5 Å². The minimum Gasteiger partial charge on any atom is -0.472 e. The third-order valence-electron chi connectivity index (χ3n) is 3.21. The van der Waals surface area contributed by atoms with Crippen molar-refractivity contribution in [2.24, 2.45) is 0 Å². The first-order valence-corrected chi connectivity index (χ1v) is 6.95. The summed E-state index contributed by atoms with van der Waals surface area (Å²) in [5.41, 5.74) is 1.16. The van der Waals surface area contributed by atoms with E-state index < -0.39 is 0 Å². The average molecular weight is 275 g/mol. The normalized spacial score (nSPS) is 12.9. The van der Waals surface area contributed by atoms with Crippen LogP contribution in [0.1, 0.15) is 16.5 Å². The summed E-state index contributed by atoms with van der Waals surface area (Å²) >= 11 is 1.70. The molecule has 3 aromatic rings. The minimum atomic E-state index is -0.187. The van der Waals surface area contributed by atoms with Gasteiger partial charge in [-0.3, -0.25) is 0 Å². The molecule has 1 N–H and O–H groups in total. The molecule has 2 heterocycles. The highest BCUT2D eigenvalue weighted by Crippen LogP contribution is 2.31. The van der Waals surface area contributed by atoms with Crippen molar-refractivity contribution in [2.75, 3.05) is 7.05 Å². The molecule has 0 spiro atoms. The molecular weight excluding hydrogens is 261 g/mol. The first-order chi connectivity index (χ1) is 9.26. The van der Waals surface area contributed by atoms with Crippen LogP contribution in [0.25, 0.3) is 10.1 Å². The van der Waals surface area contributed by atoms with Gasteiger partial charge in [0.15, 0.2) is 0 Å². The van der Waals surface area contributed by atoms with Crippen molar-refractivity contribution in [3.8, 4) is 0 Å². The predicted octanol–water partition coefficient (Wildman–Crippen LogP) is 4.14. The molecule has 0 aliphatic heterocycles. The Labute approximate surface area is 114 Å². The molecular formula is C15H14FNOS. The van der Waals surface area contributed by atoms with Crippen LogP contribution in [0.4, 0.5) is 4.39 Å². The molecule has 0 radical (unpaired) electrons. The van der Waals surface area contributed by atoms with Gasteiger partial charge in [-0.05, 0) is 54.8 Å². The van der Waals surface area contributed by atoms with Gasteiger partial charge in [0, 0.05) is 15.6 Å². The zero-order valence-corrected chi connectivity index (χ0v) is 11.3. The number of rotatable bonds is 4. The van der Waals surface area contributed by atoms with Crippen molar-refractivity contribution in [3.05, 3.63) is 59.1 Å². The number of hydrogen-bond acceptors (Lipinski definition) is 3. The van der Waals surface area contributed by atoms with Crippen LogP contribution in [-0.4, -0.2) is 7.05 Å². The zero-order valence-electron chi connectivity index (χ0n) is 10.5. The summed E-state index contributed by atoms with van der Waals surface area (Å²) in [6.45, 7) is 0. The number of thiophene rings is 1. The molecule has 0 saturated heterocycles. The van der Waals surface area contributed by atoms with E-state index in [0.29, 0.717) is 0 Å². The van der Waals surface area contributed by atoms with Crippen LogP contribution in [0, 0.1) is 5.82 Å². The molecule has 0 fully saturated rings. The first kappa shape index (κ1) is 12.4. The van der Waals surface area contributed by atoms with E-state index in [0.717, 1.165) is 22.1 Å². The lowest BCUT2D eigenvalue weighted by molar-refractivity contribution is 0.554. The molecule has 1 atom stereocenters. The van der Waals surface area contributed by atoms with Gasteiger partial charge in [0.1, 0.15) is 5.82 Å². The Bertz CT molecular complexity index is 675. The molecule has 1 unspecified atom stereocenters. The van der Waals surface area contributed by atoms with Gasteiger partial charge in [-0.1, -0.05) is 0 Å². The summed E-state index contributed by atoms with van der Waals surface area (Å²) in [7, 11) is 1.94. The summed E-state index contributed by atoms with van der Waals surface area (Å²) < 4.78 is 19.4.